The fraction of sp³-hybridized carbons (Fsp3) is 0. The van der Waals surface area contributed by atoms with Crippen molar-refractivity contribution in [2.24, 2.45) is 0 Å². The first-order chi connectivity index (χ1) is 9.19. The molecule has 0 bridgehead atoms. The van der Waals surface area contributed by atoms with Crippen LogP contribution in [0.3, 0.4) is 0 Å². The van der Waals surface area contributed by atoms with Crippen LogP contribution in [-0.4, -0.2) is 14.6 Å². The Morgan fingerprint density at radius 3 is 2.63 bits per heavy atom. The fourth-order valence-electron chi connectivity index (χ4n) is 1.79. The first-order valence-corrected chi connectivity index (χ1v) is 6.15. The molecule has 0 spiro atoms. The molecule has 0 saturated carbocycles. The second kappa shape index (κ2) is 4.54. The van der Waals surface area contributed by atoms with Crippen molar-refractivity contribution in [1.82, 2.24) is 14.6 Å². The lowest BCUT2D eigenvalue weighted by Gasteiger charge is -2.02. The lowest BCUT2D eigenvalue weighted by molar-refractivity contribution is 1.11. The van der Waals surface area contributed by atoms with Gasteiger partial charge in [-0.05, 0) is 24.3 Å². The summed E-state index contributed by atoms with van der Waals surface area (Å²) in [5.41, 5.74) is 1.97. The molecule has 19 heavy (non-hydrogen) atoms. The van der Waals surface area contributed by atoms with Crippen LogP contribution in [0.5, 0.6) is 0 Å². The summed E-state index contributed by atoms with van der Waals surface area (Å²) in [7, 11) is 0. The molecule has 0 aliphatic rings. The molecule has 2 heterocycles. The van der Waals surface area contributed by atoms with Crippen LogP contribution in [-0.2, 0) is 0 Å². The van der Waals surface area contributed by atoms with E-state index in [1.807, 2.05) is 6.07 Å². The van der Waals surface area contributed by atoms with Crippen molar-refractivity contribution in [3.8, 4) is 17.5 Å². The van der Waals surface area contributed by atoms with Crippen LogP contribution in [0.25, 0.3) is 17.0 Å². The smallest absolute Gasteiger partial charge is 0.168 e. The molecule has 0 saturated heterocycles. The van der Waals surface area contributed by atoms with Crippen molar-refractivity contribution in [2.75, 3.05) is 0 Å². The van der Waals surface area contributed by atoms with Crippen LogP contribution < -0.4 is 0 Å². The van der Waals surface area contributed by atoms with Gasteiger partial charge in [-0.25, -0.2) is 0 Å². The monoisotopic (exact) mass is 288 g/mol. The lowest BCUT2D eigenvalue weighted by Crippen LogP contribution is -1.90. The number of aromatic nitrogens is 3. The normalized spacial score (nSPS) is 10.6. The zero-order valence-corrected chi connectivity index (χ0v) is 11.0. The molecule has 3 rings (SSSR count). The lowest BCUT2D eigenvalue weighted by atomic mass is 10.2. The van der Waals surface area contributed by atoms with E-state index in [0.29, 0.717) is 27.1 Å². The second-order valence-electron chi connectivity index (χ2n) is 3.91. The fourth-order valence-corrected chi connectivity index (χ4v) is 2.09. The zero-order valence-electron chi connectivity index (χ0n) is 9.51. The van der Waals surface area contributed by atoms with E-state index >= 15 is 0 Å². The summed E-state index contributed by atoms with van der Waals surface area (Å²) in [5, 5.41) is 18.0. The largest absolute Gasteiger partial charge is 0.282 e. The summed E-state index contributed by atoms with van der Waals surface area (Å²) in [4.78, 5) is 0. The topological polar surface area (TPSA) is 54.0 Å². The highest BCUT2D eigenvalue weighted by Gasteiger charge is 2.10. The van der Waals surface area contributed by atoms with Crippen molar-refractivity contribution in [3.63, 3.8) is 0 Å². The van der Waals surface area contributed by atoms with Gasteiger partial charge in [0, 0.05) is 17.8 Å². The van der Waals surface area contributed by atoms with Crippen LogP contribution in [0.4, 0.5) is 0 Å². The average Bonchev–Trinajstić information content (AvgIpc) is 2.84. The number of fused-ring (bicyclic) bond motifs is 1. The first-order valence-electron chi connectivity index (χ1n) is 5.39. The van der Waals surface area contributed by atoms with Gasteiger partial charge in [0.1, 0.15) is 0 Å². The number of hydrogen-bond donors (Lipinski definition) is 0. The van der Waals surface area contributed by atoms with Gasteiger partial charge in [-0.1, -0.05) is 23.2 Å². The van der Waals surface area contributed by atoms with Crippen molar-refractivity contribution < 1.29 is 0 Å². The van der Waals surface area contributed by atoms with E-state index in [9.17, 15) is 0 Å². The quantitative estimate of drug-likeness (QED) is 0.688. The second-order valence-corrected chi connectivity index (χ2v) is 4.72. The molecule has 0 amide bonds. The molecule has 6 heteroatoms. The van der Waals surface area contributed by atoms with Gasteiger partial charge in [0.2, 0.25) is 0 Å². The molecule has 0 N–H and O–H groups in total. The Balaban J connectivity index is 2.20. The number of hydrogen-bond acceptors (Lipinski definition) is 3. The van der Waals surface area contributed by atoms with Gasteiger partial charge in [0.15, 0.2) is 11.5 Å². The average molecular weight is 289 g/mol. The summed E-state index contributed by atoms with van der Waals surface area (Å²) in [6.07, 6.45) is 1.76. The van der Waals surface area contributed by atoms with Gasteiger partial charge in [-0.3, -0.25) is 4.40 Å². The van der Waals surface area contributed by atoms with Crippen LogP contribution in [0.2, 0.25) is 10.0 Å². The van der Waals surface area contributed by atoms with Gasteiger partial charge < -0.3 is 0 Å². The zero-order chi connectivity index (χ0) is 13.4. The number of rotatable bonds is 1. The maximum absolute atomic E-state index is 8.85. The molecule has 3 aromatic rings. The van der Waals surface area contributed by atoms with Crippen LogP contribution >= 0.6 is 23.2 Å². The first kappa shape index (κ1) is 12.0. The molecule has 0 aliphatic carbocycles. The van der Waals surface area contributed by atoms with E-state index in [4.69, 9.17) is 28.5 Å². The Morgan fingerprint density at radius 1 is 1.05 bits per heavy atom. The number of benzene rings is 1. The van der Waals surface area contributed by atoms with E-state index in [0.717, 1.165) is 5.56 Å². The van der Waals surface area contributed by atoms with Crippen molar-refractivity contribution in [2.45, 2.75) is 0 Å². The molecule has 0 aliphatic heterocycles. The molecule has 92 valence electrons. The third-order valence-corrected chi connectivity index (χ3v) is 3.46. The number of pyridine rings is 1. The minimum atomic E-state index is 0.463. The summed E-state index contributed by atoms with van der Waals surface area (Å²) in [5.74, 6) is 0.651. The predicted octanol–water partition coefficient (Wildman–Crippen LogP) is 3.57. The van der Waals surface area contributed by atoms with Crippen molar-refractivity contribution in [1.29, 1.82) is 5.26 Å². The highest BCUT2D eigenvalue weighted by Crippen LogP contribution is 2.27. The number of halogens is 2. The van der Waals surface area contributed by atoms with Crippen LogP contribution in [0, 0.1) is 11.3 Å². The SMILES string of the molecule is N#Cc1ccn2c(-c3ccc(Cl)c(Cl)c3)nnc2c1. The van der Waals surface area contributed by atoms with Gasteiger partial charge in [0.05, 0.1) is 21.7 Å². The third kappa shape index (κ3) is 2.03. The third-order valence-electron chi connectivity index (χ3n) is 2.72. The predicted molar refractivity (Wildman–Crippen MR) is 73.2 cm³/mol. The summed E-state index contributed by atoms with van der Waals surface area (Å²) >= 11 is 11.9. The van der Waals surface area contributed by atoms with E-state index in [2.05, 4.69) is 16.3 Å². The van der Waals surface area contributed by atoms with Crippen LogP contribution in [0.15, 0.2) is 36.5 Å². The van der Waals surface area contributed by atoms with Crippen molar-refractivity contribution >= 4 is 28.8 Å². The van der Waals surface area contributed by atoms with Gasteiger partial charge in [-0.15, -0.1) is 10.2 Å². The highest BCUT2D eigenvalue weighted by molar-refractivity contribution is 6.42. The van der Waals surface area contributed by atoms with Gasteiger partial charge >= 0.3 is 0 Å². The maximum Gasteiger partial charge on any atom is 0.168 e. The molecule has 1 aromatic carbocycles. The molecule has 2 aromatic heterocycles. The Kier molecular flexibility index (Phi) is 2.86. The minimum Gasteiger partial charge on any atom is -0.282 e. The number of nitrogens with zero attached hydrogens (tertiary/aromatic N) is 4. The molecule has 4 nitrogen and oxygen atoms in total. The Hall–Kier alpha value is -2.09. The van der Waals surface area contributed by atoms with E-state index < -0.39 is 0 Å². The van der Waals surface area contributed by atoms with Gasteiger partial charge in [0.25, 0.3) is 0 Å². The molecule has 0 fully saturated rings. The molecular weight excluding hydrogens is 283 g/mol. The summed E-state index contributed by atoms with van der Waals surface area (Å²) in [6, 6.07) is 10.7. The van der Waals surface area contributed by atoms with E-state index in [1.54, 1.807) is 34.9 Å². The minimum absolute atomic E-state index is 0.463. The van der Waals surface area contributed by atoms with Crippen LogP contribution in [0.1, 0.15) is 5.56 Å². The highest BCUT2D eigenvalue weighted by atomic mass is 35.5. The molecule has 0 unspecified atom stereocenters. The van der Waals surface area contributed by atoms with E-state index in [-0.39, 0.29) is 0 Å². The van der Waals surface area contributed by atoms with Gasteiger partial charge in [-0.2, -0.15) is 5.26 Å². The Morgan fingerprint density at radius 2 is 1.89 bits per heavy atom. The molecular formula is C13H6Cl2N4. The van der Waals surface area contributed by atoms with E-state index in [1.165, 1.54) is 0 Å². The molecule has 0 radical (unpaired) electrons. The number of nitriles is 1. The summed E-state index contributed by atoms with van der Waals surface area (Å²) in [6.45, 7) is 0. The molecule has 0 atom stereocenters. The Labute approximate surface area is 118 Å². The summed E-state index contributed by atoms with van der Waals surface area (Å²) < 4.78 is 1.79. The maximum atomic E-state index is 8.85. The standard InChI is InChI=1S/C13H6Cl2N4/c14-10-2-1-9(6-11(10)15)13-18-17-12-5-8(7-16)3-4-19(12)13/h1-6H. The van der Waals surface area contributed by atoms with Crippen molar-refractivity contribution in [3.05, 3.63) is 52.1 Å². The Bertz CT molecular complexity index is 817.